The van der Waals surface area contributed by atoms with E-state index >= 15 is 0 Å². The first kappa shape index (κ1) is 24.6. The molecule has 1 aliphatic carbocycles. The number of hydrogen-bond acceptors (Lipinski definition) is 2. The molecule has 2 nitrogen and oxygen atoms in total. The van der Waals surface area contributed by atoms with Gasteiger partial charge in [0.25, 0.3) is 0 Å². The Hall–Kier alpha value is -2.09. The van der Waals surface area contributed by atoms with Gasteiger partial charge in [0.2, 0.25) is 0 Å². The van der Waals surface area contributed by atoms with E-state index in [-0.39, 0.29) is 0 Å². The summed E-state index contributed by atoms with van der Waals surface area (Å²) in [6, 6.07) is 15.3. The first-order valence-electron chi connectivity index (χ1n) is 13.2. The predicted molar refractivity (Wildman–Crippen MR) is 139 cm³/mol. The number of phenolic OH excluding ortho intramolecular Hbond substituents is 1. The molecule has 1 saturated carbocycles. The first-order valence-corrected chi connectivity index (χ1v) is 13.2. The lowest BCUT2D eigenvalue weighted by molar-refractivity contribution is 0.432. The van der Waals surface area contributed by atoms with Crippen LogP contribution in [0.15, 0.2) is 47.5 Å². The van der Waals surface area contributed by atoms with Crippen LogP contribution in [0.2, 0.25) is 0 Å². The van der Waals surface area contributed by atoms with Gasteiger partial charge in [0.15, 0.2) is 0 Å². The van der Waals surface area contributed by atoms with E-state index in [1.807, 2.05) is 6.21 Å². The van der Waals surface area contributed by atoms with E-state index in [0.29, 0.717) is 17.7 Å². The zero-order valence-corrected chi connectivity index (χ0v) is 20.4. The average Bonchev–Trinajstić information content (AvgIpc) is 2.82. The van der Waals surface area contributed by atoms with Crippen LogP contribution in [0.1, 0.15) is 114 Å². The molecule has 0 atom stereocenters. The zero-order valence-electron chi connectivity index (χ0n) is 20.4. The van der Waals surface area contributed by atoms with E-state index in [0.717, 1.165) is 24.0 Å². The minimum absolute atomic E-state index is 0.319. The molecule has 1 aliphatic rings. The maximum atomic E-state index is 11.4. The molecular weight excluding hydrogens is 390 g/mol. The highest BCUT2D eigenvalue weighted by atomic mass is 16.3. The van der Waals surface area contributed by atoms with E-state index in [9.17, 15) is 5.11 Å². The summed E-state index contributed by atoms with van der Waals surface area (Å²) in [6.45, 7) is 4.37. The van der Waals surface area contributed by atoms with Crippen molar-refractivity contribution in [2.45, 2.75) is 109 Å². The molecule has 0 heterocycles. The van der Waals surface area contributed by atoms with E-state index < -0.39 is 0 Å². The molecule has 0 aromatic heterocycles. The van der Waals surface area contributed by atoms with E-state index in [1.165, 1.54) is 81.8 Å². The summed E-state index contributed by atoms with van der Waals surface area (Å²) in [7, 11) is 0. The van der Waals surface area contributed by atoms with Crippen molar-refractivity contribution in [3.8, 4) is 16.9 Å². The Labute approximate surface area is 196 Å². The van der Waals surface area contributed by atoms with Crippen molar-refractivity contribution < 1.29 is 5.11 Å². The minimum atomic E-state index is 0.319. The molecule has 1 N–H and O–H groups in total. The van der Waals surface area contributed by atoms with Gasteiger partial charge in [0.1, 0.15) is 5.75 Å². The average molecular weight is 434 g/mol. The van der Waals surface area contributed by atoms with Gasteiger partial charge < -0.3 is 5.11 Å². The molecule has 3 rings (SSSR count). The molecule has 0 amide bonds. The van der Waals surface area contributed by atoms with Gasteiger partial charge in [0.05, 0.1) is 0 Å². The van der Waals surface area contributed by atoms with Crippen molar-refractivity contribution in [2.75, 3.05) is 0 Å². The van der Waals surface area contributed by atoms with Gasteiger partial charge in [-0.25, -0.2) is 0 Å². The normalized spacial score (nSPS) is 17.3. The molecule has 0 bridgehead atoms. The topological polar surface area (TPSA) is 32.6 Å². The second-order valence-corrected chi connectivity index (χ2v) is 9.57. The Morgan fingerprint density at radius 3 is 1.94 bits per heavy atom. The van der Waals surface area contributed by atoms with Crippen LogP contribution in [0, 0.1) is 0 Å². The summed E-state index contributed by atoms with van der Waals surface area (Å²) in [5.74, 6) is 0.884. The van der Waals surface area contributed by atoms with Crippen molar-refractivity contribution in [3.63, 3.8) is 0 Å². The molecular formula is C30H43NO. The molecule has 1 fully saturated rings. The van der Waals surface area contributed by atoms with Crippen LogP contribution in [0.5, 0.6) is 5.75 Å². The Bertz CT molecular complexity index is 810. The van der Waals surface area contributed by atoms with Crippen LogP contribution in [0.4, 0.5) is 0 Å². The molecule has 2 heteroatoms. The highest BCUT2D eigenvalue weighted by molar-refractivity contribution is 5.87. The quantitative estimate of drug-likeness (QED) is 0.453. The van der Waals surface area contributed by atoms with E-state index in [1.54, 1.807) is 0 Å². The molecule has 2 aromatic carbocycles. The fraction of sp³-hybridized carbons (Fsp3) is 0.567. The third-order valence-electron chi connectivity index (χ3n) is 7.19. The smallest absolute Gasteiger partial charge is 0.127 e. The molecule has 0 saturated heterocycles. The Kier molecular flexibility index (Phi) is 10.3. The number of hydrogen-bond donors (Lipinski definition) is 1. The molecule has 32 heavy (non-hydrogen) atoms. The van der Waals surface area contributed by atoms with Crippen molar-refractivity contribution in [1.29, 1.82) is 0 Å². The largest absolute Gasteiger partial charge is 0.507 e. The number of rotatable bonds is 6. The Morgan fingerprint density at radius 2 is 1.38 bits per heavy atom. The van der Waals surface area contributed by atoms with Gasteiger partial charge in [0, 0.05) is 17.8 Å². The third-order valence-corrected chi connectivity index (χ3v) is 7.19. The summed E-state index contributed by atoms with van der Waals surface area (Å²) < 4.78 is 0. The number of aliphatic imine (C=N–C) groups is 1. The fourth-order valence-corrected chi connectivity index (χ4v) is 5.05. The van der Waals surface area contributed by atoms with Crippen LogP contribution in [0.3, 0.4) is 0 Å². The standard InChI is InChI=1S/C30H43NO/c1-3-28(4-2)31-23-27-21-26(24-17-15-12-16-18-24)22-29(30(27)32)25-19-13-10-8-6-5-7-9-11-14-20-25/h12,15-18,21-23,25,28,32H,3-11,13-14,19-20H2,1-2H3. The summed E-state index contributed by atoms with van der Waals surface area (Å²) >= 11 is 0. The molecule has 174 valence electrons. The monoisotopic (exact) mass is 433 g/mol. The lowest BCUT2D eigenvalue weighted by Gasteiger charge is -2.22. The molecule has 0 aliphatic heterocycles. The second kappa shape index (κ2) is 13.5. The van der Waals surface area contributed by atoms with Crippen molar-refractivity contribution in [2.24, 2.45) is 4.99 Å². The third kappa shape index (κ3) is 7.22. The van der Waals surface area contributed by atoms with Gasteiger partial charge in [-0.15, -0.1) is 0 Å². The number of benzene rings is 2. The van der Waals surface area contributed by atoms with Crippen molar-refractivity contribution in [1.82, 2.24) is 0 Å². The van der Waals surface area contributed by atoms with Crippen LogP contribution in [0.25, 0.3) is 11.1 Å². The lowest BCUT2D eigenvalue weighted by Crippen LogP contribution is -2.04. The molecule has 2 aromatic rings. The minimum Gasteiger partial charge on any atom is -0.507 e. The Morgan fingerprint density at radius 1 is 0.812 bits per heavy atom. The van der Waals surface area contributed by atoms with Crippen LogP contribution in [-0.2, 0) is 0 Å². The first-order chi connectivity index (χ1) is 15.7. The SMILES string of the molecule is CCC(CC)N=Cc1cc(-c2ccccc2)cc(C2CCCCCCCCCCC2)c1O. The van der Waals surface area contributed by atoms with Gasteiger partial charge in [-0.05, 0) is 60.4 Å². The molecule has 0 unspecified atom stereocenters. The summed E-state index contributed by atoms with van der Waals surface area (Å²) in [5.41, 5.74) is 4.41. The fourth-order valence-electron chi connectivity index (χ4n) is 5.05. The molecule has 0 spiro atoms. The van der Waals surface area contributed by atoms with Crippen LogP contribution in [-0.4, -0.2) is 17.4 Å². The summed E-state index contributed by atoms with van der Waals surface area (Å²) in [4.78, 5) is 4.81. The van der Waals surface area contributed by atoms with Gasteiger partial charge in [-0.1, -0.05) is 102 Å². The highest BCUT2D eigenvalue weighted by Gasteiger charge is 2.19. The maximum Gasteiger partial charge on any atom is 0.127 e. The highest BCUT2D eigenvalue weighted by Crippen LogP contribution is 2.39. The van der Waals surface area contributed by atoms with E-state index in [4.69, 9.17) is 4.99 Å². The van der Waals surface area contributed by atoms with Crippen molar-refractivity contribution >= 4 is 6.21 Å². The number of aromatic hydroxyl groups is 1. The Balaban J connectivity index is 1.96. The maximum absolute atomic E-state index is 11.4. The van der Waals surface area contributed by atoms with E-state index in [2.05, 4.69) is 56.3 Å². The van der Waals surface area contributed by atoms with Gasteiger partial charge in [-0.3, -0.25) is 4.99 Å². The van der Waals surface area contributed by atoms with Gasteiger partial charge in [-0.2, -0.15) is 0 Å². The van der Waals surface area contributed by atoms with Gasteiger partial charge >= 0.3 is 0 Å². The number of nitrogens with zero attached hydrogens (tertiary/aromatic N) is 1. The predicted octanol–water partition coefficient (Wildman–Crippen LogP) is 9.05. The van der Waals surface area contributed by atoms with Crippen molar-refractivity contribution in [3.05, 3.63) is 53.6 Å². The zero-order chi connectivity index (χ0) is 22.6. The molecule has 0 radical (unpaired) electrons. The summed E-state index contributed by atoms with van der Waals surface area (Å²) in [5, 5.41) is 11.4. The van der Waals surface area contributed by atoms with Crippen LogP contribution < -0.4 is 0 Å². The number of phenols is 1. The second-order valence-electron chi connectivity index (χ2n) is 9.57. The summed E-state index contributed by atoms with van der Waals surface area (Å²) in [6.07, 6.45) is 18.4. The lowest BCUT2D eigenvalue weighted by atomic mass is 9.84. The van der Waals surface area contributed by atoms with Crippen LogP contribution >= 0.6 is 0 Å².